The SMILES string of the molecule is COc1ccc(Cn2cnc3cc(Br)ccc3c2=O)c(OC)c1. The molecular weight excluding hydrogens is 360 g/mol. The Bertz CT molecular complexity index is 921. The van der Waals surface area contributed by atoms with E-state index in [9.17, 15) is 4.79 Å². The normalized spacial score (nSPS) is 10.7. The minimum Gasteiger partial charge on any atom is -0.497 e. The molecule has 1 heterocycles. The Morgan fingerprint density at radius 2 is 1.96 bits per heavy atom. The van der Waals surface area contributed by atoms with Crippen LogP contribution in [0.5, 0.6) is 11.5 Å². The fourth-order valence-electron chi connectivity index (χ4n) is 2.41. The molecule has 0 unspecified atom stereocenters. The molecule has 0 fully saturated rings. The third-order valence-electron chi connectivity index (χ3n) is 3.62. The van der Waals surface area contributed by atoms with Gasteiger partial charge in [-0.1, -0.05) is 15.9 Å². The van der Waals surface area contributed by atoms with Crippen LogP contribution in [0.25, 0.3) is 10.9 Å². The molecule has 0 bridgehead atoms. The Hall–Kier alpha value is -2.34. The van der Waals surface area contributed by atoms with Gasteiger partial charge in [-0.3, -0.25) is 9.36 Å². The number of methoxy groups -OCH3 is 2. The van der Waals surface area contributed by atoms with Gasteiger partial charge in [-0.05, 0) is 30.3 Å². The maximum absolute atomic E-state index is 12.6. The van der Waals surface area contributed by atoms with Crippen LogP contribution < -0.4 is 15.0 Å². The molecule has 5 nitrogen and oxygen atoms in total. The maximum atomic E-state index is 12.6. The molecule has 3 aromatic rings. The summed E-state index contributed by atoms with van der Waals surface area (Å²) in [5.41, 5.74) is 1.47. The monoisotopic (exact) mass is 374 g/mol. The molecule has 0 spiro atoms. The number of nitrogens with zero attached hydrogens (tertiary/aromatic N) is 2. The molecule has 0 atom stereocenters. The molecular formula is C17H15BrN2O3. The van der Waals surface area contributed by atoms with Crippen LogP contribution in [0.15, 0.2) is 52.0 Å². The summed E-state index contributed by atoms with van der Waals surface area (Å²) >= 11 is 3.38. The minimum atomic E-state index is -0.0830. The summed E-state index contributed by atoms with van der Waals surface area (Å²) in [6.45, 7) is 0.380. The summed E-state index contributed by atoms with van der Waals surface area (Å²) in [7, 11) is 3.20. The molecule has 118 valence electrons. The van der Waals surface area contributed by atoms with E-state index >= 15 is 0 Å². The van der Waals surface area contributed by atoms with Gasteiger partial charge in [0.2, 0.25) is 0 Å². The fourth-order valence-corrected chi connectivity index (χ4v) is 2.76. The van der Waals surface area contributed by atoms with Crippen LogP contribution in [0.4, 0.5) is 0 Å². The van der Waals surface area contributed by atoms with Crippen LogP contribution in [0, 0.1) is 0 Å². The van der Waals surface area contributed by atoms with Crippen LogP contribution in [0.3, 0.4) is 0 Å². The summed E-state index contributed by atoms with van der Waals surface area (Å²) < 4.78 is 13.0. The predicted octanol–water partition coefficient (Wildman–Crippen LogP) is 3.22. The van der Waals surface area contributed by atoms with E-state index in [0.717, 1.165) is 10.0 Å². The zero-order valence-electron chi connectivity index (χ0n) is 12.7. The van der Waals surface area contributed by atoms with Crippen molar-refractivity contribution >= 4 is 26.8 Å². The van der Waals surface area contributed by atoms with Crippen molar-refractivity contribution in [3.05, 3.63) is 63.1 Å². The van der Waals surface area contributed by atoms with Gasteiger partial charge in [0.15, 0.2) is 0 Å². The first-order valence-corrected chi connectivity index (χ1v) is 7.77. The molecule has 23 heavy (non-hydrogen) atoms. The maximum Gasteiger partial charge on any atom is 0.261 e. The molecule has 0 radical (unpaired) electrons. The lowest BCUT2D eigenvalue weighted by Gasteiger charge is -2.12. The highest BCUT2D eigenvalue weighted by Crippen LogP contribution is 2.25. The van der Waals surface area contributed by atoms with E-state index in [1.807, 2.05) is 24.3 Å². The third-order valence-corrected chi connectivity index (χ3v) is 4.12. The Morgan fingerprint density at radius 1 is 1.13 bits per heavy atom. The Balaban J connectivity index is 2.04. The highest BCUT2D eigenvalue weighted by Gasteiger charge is 2.09. The molecule has 0 aliphatic carbocycles. The molecule has 2 aromatic carbocycles. The average Bonchev–Trinajstić information content (AvgIpc) is 2.57. The Labute approximate surface area is 141 Å². The zero-order valence-corrected chi connectivity index (χ0v) is 14.3. The van der Waals surface area contributed by atoms with Gasteiger partial charge < -0.3 is 9.47 Å². The lowest BCUT2D eigenvalue weighted by molar-refractivity contribution is 0.390. The van der Waals surface area contributed by atoms with Crippen LogP contribution >= 0.6 is 15.9 Å². The fraction of sp³-hybridized carbons (Fsp3) is 0.176. The van der Waals surface area contributed by atoms with Gasteiger partial charge in [0, 0.05) is 16.1 Å². The van der Waals surface area contributed by atoms with Gasteiger partial charge in [0.25, 0.3) is 5.56 Å². The summed E-state index contributed by atoms with van der Waals surface area (Å²) in [4.78, 5) is 17.0. The Morgan fingerprint density at radius 3 is 2.70 bits per heavy atom. The number of ether oxygens (including phenoxy) is 2. The van der Waals surface area contributed by atoms with E-state index in [1.165, 1.54) is 0 Å². The van der Waals surface area contributed by atoms with E-state index in [0.29, 0.717) is 28.9 Å². The number of rotatable bonds is 4. The minimum absolute atomic E-state index is 0.0830. The van der Waals surface area contributed by atoms with E-state index in [4.69, 9.17) is 9.47 Å². The van der Waals surface area contributed by atoms with Gasteiger partial charge in [-0.25, -0.2) is 4.98 Å². The van der Waals surface area contributed by atoms with E-state index in [1.54, 1.807) is 37.2 Å². The van der Waals surface area contributed by atoms with Crippen molar-refractivity contribution in [3.63, 3.8) is 0 Å². The number of hydrogen-bond donors (Lipinski definition) is 0. The quantitative estimate of drug-likeness (QED) is 0.703. The van der Waals surface area contributed by atoms with Crippen molar-refractivity contribution in [1.29, 1.82) is 0 Å². The molecule has 6 heteroatoms. The number of hydrogen-bond acceptors (Lipinski definition) is 4. The number of benzene rings is 2. The van der Waals surface area contributed by atoms with Crippen LogP contribution in [-0.4, -0.2) is 23.8 Å². The first-order chi connectivity index (χ1) is 11.1. The van der Waals surface area contributed by atoms with Crippen LogP contribution in [0.2, 0.25) is 0 Å². The van der Waals surface area contributed by atoms with Crippen molar-refractivity contribution in [2.75, 3.05) is 14.2 Å². The number of fused-ring (bicyclic) bond motifs is 1. The van der Waals surface area contributed by atoms with Gasteiger partial charge in [-0.2, -0.15) is 0 Å². The molecule has 3 rings (SSSR count). The topological polar surface area (TPSA) is 53.4 Å². The highest BCUT2D eigenvalue weighted by molar-refractivity contribution is 9.10. The molecule has 0 saturated heterocycles. The molecule has 0 saturated carbocycles. The van der Waals surface area contributed by atoms with Crippen molar-refractivity contribution in [3.8, 4) is 11.5 Å². The van der Waals surface area contributed by atoms with Gasteiger partial charge in [-0.15, -0.1) is 0 Å². The van der Waals surface area contributed by atoms with Crippen molar-refractivity contribution in [1.82, 2.24) is 9.55 Å². The summed E-state index contributed by atoms with van der Waals surface area (Å²) in [6.07, 6.45) is 1.56. The second-order valence-corrected chi connectivity index (χ2v) is 5.93. The van der Waals surface area contributed by atoms with Gasteiger partial charge in [0.1, 0.15) is 11.5 Å². The van der Waals surface area contributed by atoms with Crippen LogP contribution in [0.1, 0.15) is 5.56 Å². The second kappa shape index (κ2) is 6.42. The zero-order chi connectivity index (χ0) is 16.4. The van der Waals surface area contributed by atoms with Crippen molar-refractivity contribution in [2.45, 2.75) is 6.54 Å². The second-order valence-electron chi connectivity index (χ2n) is 5.02. The smallest absolute Gasteiger partial charge is 0.261 e. The number of aromatic nitrogens is 2. The summed E-state index contributed by atoms with van der Waals surface area (Å²) in [5, 5.41) is 0.586. The van der Waals surface area contributed by atoms with Crippen LogP contribution in [-0.2, 0) is 6.54 Å². The molecule has 0 N–H and O–H groups in total. The lowest BCUT2D eigenvalue weighted by Crippen LogP contribution is -2.21. The van der Waals surface area contributed by atoms with Crippen molar-refractivity contribution in [2.24, 2.45) is 0 Å². The third kappa shape index (κ3) is 3.07. The first kappa shape index (κ1) is 15.6. The van der Waals surface area contributed by atoms with Gasteiger partial charge in [0.05, 0.1) is 38.0 Å². The molecule has 0 aliphatic rings. The molecule has 1 aromatic heterocycles. The van der Waals surface area contributed by atoms with Gasteiger partial charge >= 0.3 is 0 Å². The lowest BCUT2D eigenvalue weighted by atomic mass is 10.2. The number of halogens is 1. The molecule has 0 aliphatic heterocycles. The van der Waals surface area contributed by atoms with E-state index in [-0.39, 0.29) is 5.56 Å². The van der Waals surface area contributed by atoms with E-state index < -0.39 is 0 Å². The predicted molar refractivity (Wildman–Crippen MR) is 92.4 cm³/mol. The largest absolute Gasteiger partial charge is 0.497 e. The standard InChI is InChI=1S/C17H15BrN2O3/c1-22-13-5-3-11(16(8-13)23-2)9-20-10-19-15-7-12(18)4-6-14(15)17(20)21/h3-8,10H,9H2,1-2H3. The highest BCUT2D eigenvalue weighted by atomic mass is 79.9. The Kier molecular flexibility index (Phi) is 4.34. The summed E-state index contributed by atoms with van der Waals surface area (Å²) in [5.74, 6) is 1.38. The summed E-state index contributed by atoms with van der Waals surface area (Å²) in [6, 6.07) is 11.0. The molecule has 0 amide bonds. The van der Waals surface area contributed by atoms with Crippen molar-refractivity contribution < 1.29 is 9.47 Å². The first-order valence-electron chi connectivity index (χ1n) is 6.98. The van der Waals surface area contributed by atoms with E-state index in [2.05, 4.69) is 20.9 Å². The average molecular weight is 375 g/mol.